The Kier molecular flexibility index (Phi) is 3.91. The molecule has 0 atom stereocenters. The number of furan rings is 1. The molecule has 0 aliphatic rings. The third kappa shape index (κ3) is 3.04. The summed E-state index contributed by atoms with van der Waals surface area (Å²) in [6.07, 6.45) is 2.12. The van der Waals surface area contributed by atoms with Gasteiger partial charge in [-0.15, -0.1) is 5.10 Å². The van der Waals surface area contributed by atoms with E-state index in [1.165, 1.54) is 11.0 Å². The van der Waals surface area contributed by atoms with Crippen LogP contribution in [0.1, 0.15) is 10.6 Å². The van der Waals surface area contributed by atoms with Gasteiger partial charge < -0.3 is 8.83 Å². The zero-order valence-electron chi connectivity index (χ0n) is 15.0. The Bertz CT molecular complexity index is 1400. The molecule has 0 spiro atoms. The Morgan fingerprint density at radius 2 is 1.76 bits per heavy atom. The summed E-state index contributed by atoms with van der Waals surface area (Å²) in [5.74, 6) is 1.27. The third-order valence-electron chi connectivity index (χ3n) is 4.52. The molecule has 0 saturated carbocycles. The van der Waals surface area contributed by atoms with Crippen LogP contribution in [0, 0.1) is 0 Å². The first-order valence-corrected chi connectivity index (χ1v) is 8.82. The second-order valence-electron chi connectivity index (χ2n) is 6.37. The van der Waals surface area contributed by atoms with E-state index in [1.54, 1.807) is 24.3 Å². The molecule has 29 heavy (non-hydrogen) atoms. The second-order valence-corrected chi connectivity index (χ2v) is 6.37. The second kappa shape index (κ2) is 6.72. The molecule has 0 amide bonds. The van der Waals surface area contributed by atoms with E-state index in [0.717, 1.165) is 10.9 Å². The van der Waals surface area contributed by atoms with Crippen molar-refractivity contribution < 1.29 is 13.6 Å². The SMILES string of the molecule is O=Cc1ccc(-c2ccc3cc(-n4cnc(-c5ccccc5)n4)c(=O)oc3c2)o1. The summed E-state index contributed by atoms with van der Waals surface area (Å²) in [4.78, 5) is 27.6. The van der Waals surface area contributed by atoms with Crippen molar-refractivity contribution in [3.63, 3.8) is 0 Å². The van der Waals surface area contributed by atoms with Crippen molar-refractivity contribution in [2.45, 2.75) is 0 Å². The van der Waals surface area contributed by atoms with E-state index >= 15 is 0 Å². The van der Waals surface area contributed by atoms with Crippen LogP contribution in [0.4, 0.5) is 0 Å². The van der Waals surface area contributed by atoms with Gasteiger partial charge in [0, 0.05) is 16.5 Å². The van der Waals surface area contributed by atoms with E-state index in [4.69, 9.17) is 8.83 Å². The van der Waals surface area contributed by atoms with Gasteiger partial charge in [0.1, 0.15) is 17.7 Å². The van der Waals surface area contributed by atoms with Gasteiger partial charge in [-0.2, -0.15) is 0 Å². The van der Waals surface area contributed by atoms with Gasteiger partial charge in [-0.25, -0.2) is 14.5 Å². The highest BCUT2D eigenvalue weighted by molar-refractivity contribution is 5.83. The molecule has 0 fully saturated rings. The fraction of sp³-hybridized carbons (Fsp3) is 0. The smallest absolute Gasteiger partial charge is 0.362 e. The van der Waals surface area contributed by atoms with Crippen molar-refractivity contribution >= 4 is 17.3 Å². The van der Waals surface area contributed by atoms with Crippen LogP contribution in [0.5, 0.6) is 0 Å². The molecule has 5 rings (SSSR count). The van der Waals surface area contributed by atoms with Crippen molar-refractivity contribution in [2.75, 3.05) is 0 Å². The maximum absolute atomic E-state index is 12.6. The van der Waals surface area contributed by atoms with Gasteiger partial charge in [0.15, 0.2) is 23.6 Å². The minimum absolute atomic E-state index is 0.234. The number of benzene rings is 2. The molecule has 0 saturated heterocycles. The summed E-state index contributed by atoms with van der Waals surface area (Å²) in [6.45, 7) is 0. The highest BCUT2D eigenvalue weighted by Crippen LogP contribution is 2.26. The lowest BCUT2D eigenvalue weighted by molar-refractivity contribution is 0.110. The van der Waals surface area contributed by atoms with Gasteiger partial charge in [-0.05, 0) is 24.3 Å². The molecule has 0 N–H and O–H groups in total. The first-order valence-electron chi connectivity index (χ1n) is 8.82. The molecule has 0 unspecified atom stereocenters. The first-order chi connectivity index (χ1) is 14.2. The highest BCUT2D eigenvalue weighted by atomic mass is 16.4. The van der Waals surface area contributed by atoms with Crippen molar-refractivity contribution in [3.8, 4) is 28.4 Å². The van der Waals surface area contributed by atoms with Crippen LogP contribution in [0.25, 0.3) is 39.4 Å². The summed E-state index contributed by atoms with van der Waals surface area (Å²) in [7, 11) is 0. The molecule has 3 aromatic heterocycles. The van der Waals surface area contributed by atoms with Crippen molar-refractivity contribution in [1.29, 1.82) is 0 Å². The monoisotopic (exact) mass is 383 g/mol. The standard InChI is InChI=1S/C22H13N3O4/c26-12-17-8-9-19(28-17)16-7-6-15-10-18(22(27)29-20(15)11-16)25-13-23-21(24-25)14-4-2-1-3-5-14/h1-13H. The van der Waals surface area contributed by atoms with Crippen LogP contribution >= 0.6 is 0 Å². The van der Waals surface area contributed by atoms with Crippen LogP contribution in [0.15, 0.2) is 86.7 Å². The Morgan fingerprint density at radius 3 is 2.55 bits per heavy atom. The molecule has 140 valence electrons. The Balaban J connectivity index is 1.55. The number of carbonyl (C=O) groups excluding carboxylic acids is 1. The molecule has 0 bridgehead atoms. The lowest BCUT2D eigenvalue weighted by atomic mass is 10.1. The number of hydrogen-bond donors (Lipinski definition) is 0. The summed E-state index contributed by atoms with van der Waals surface area (Å²) in [5, 5.41) is 5.12. The summed E-state index contributed by atoms with van der Waals surface area (Å²) in [5.41, 5.74) is 1.69. The quantitative estimate of drug-likeness (QED) is 0.343. The molecule has 5 aromatic rings. The van der Waals surface area contributed by atoms with E-state index in [0.29, 0.717) is 29.0 Å². The number of aromatic nitrogens is 3. The van der Waals surface area contributed by atoms with Gasteiger partial charge in [-0.3, -0.25) is 4.79 Å². The molecule has 0 aliphatic carbocycles. The Hall–Kier alpha value is -4.26. The number of rotatable bonds is 4. The average molecular weight is 383 g/mol. The van der Waals surface area contributed by atoms with Crippen LogP contribution in [-0.4, -0.2) is 21.1 Å². The van der Waals surface area contributed by atoms with Crippen LogP contribution in [0.3, 0.4) is 0 Å². The molecule has 3 heterocycles. The molecule has 2 aromatic carbocycles. The van der Waals surface area contributed by atoms with Gasteiger partial charge in [0.05, 0.1) is 0 Å². The predicted octanol–water partition coefficient (Wildman–Crippen LogP) is 4.11. The van der Waals surface area contributed by atoms with E-state index in [9.17, 15) is 9.59 Å². The minimum atomic E-state index is -0.535. The number of hydrogen-bond acceptors (Lipinski definition) is 6. The number of nitrogens with zero attached hydrogens (tertiary/aromatic N) is 3. The van der Waals surface area contributed by atoms with Crippen molar-refractivity contribution in [2.24, 2.45) is 0 Å². The van der Waals surface area contributed by atoms with E-state index in [2.05, 4.69) is 10.1 Å². The summed E-state index contributed by atoms with van der Waals surface area (Å²) >= 11 is 0. The maximum atomic E-state index is 12.6. The van der Waals surface area contributed by atoms with E-state index in [1.807, 2.05) is 42.5 Å². The van der Waals surface area contributed by atoms with Crippen LogP contribution in [-0.2, 0) is 0 Å². The Morgan fingerprint density at radius 1 is 0.897 bits per heavy atom. The van der Waals surface area contributed by atoms with Crippen LogP contribution in [0.2, 0.25) is 0 Å². The lowest BCUT2D eigenvalue weighted by Crippen LogP contribution is -2.10. The van der Waals surface area contributed by atoms with Crippen LogP contribution < -0.4 is 5.63 Å². The largest absolute Gasteiger partial charge is 0.453 e. The fourth-order valence-corrected chi connectivity index (χ4v) is 3.08. The molecular formula is C22H13N3O4. The van der Waals surface area contributed by atoms with Gasteiger partial charge in [0.2, 0.25) is 0 Å². The molecule has 0 radical (unpaired) electrons. The van der Waals surface area contributed by atoms with Gasteiger partial charge in [0.25, 0.3) is 0 Å². The zero-order valence-corrected chi connectivity index (χ0v) is 15.0. The topological polar surface area (TPSA) is 91.1 Å². The van der Waals surface area contributed by atoms with Crippen molar-refractivity contribution in [1.82, 2.24) is 14.8 Å². The first kappa shape index (κ1) is 16.9. The number of carbonyl (C=O) groups is 1. The molecule has 0 aliphatic heterocycles. The van der Waals surface area contributed by atoms with Gasteiger partial charge in [-0.1, -0.05) is 42.5 Å². The minimum Gasteiger partial charge on any atom is -0.453 e. The molecular weight excluding hydrogens is 370 g/mol. The third-order valence-corrected chi connectivity index (χ3v) is 4.52. The van der Waals surface area contributed by atoms with E-state index in [-0.39, 0.29) is 11.4 Å². The molecule has 7 heteroatoms. The molecule has 7 nitrogen and oxygen atoms in total. The predicted molar refractivity (Wildman–Crippen MR) is 106 cm³/mol. The maximum Gasteiger partial charge on any atom is 0.362 e. The number of fused-ring (bicyclic) bond motifs is 1. The summed E-state index contributed by atoms with van der Waals surface area (Å²) < 4.78 is 12.3. The number of aldehydes is 1. The van der Waals surface area contributed by atoms with Gasteiger partial charge >= 0.3 is 5.63 Å². The lowest BCUT2D eigenvalue weighted by Gasteiger charge is -2.03. The normalized spacial score (nSPS) is 11.0. The average Bonchev–Trinajstić information content (AvgIpc) is 3.43. The highest BCUT2D eigenvalue weighted by Gasteiger charge is 2.12. The fourth-order valence-electron chi connectivity index (χ4n) is 3.08. The Labute approximate surface area is 163 Å². The van der Waals surface area contributed by atoms with Crippen molar-refractivity contribution in [3.05, 3.63) is 89.2 Å². The van der Waals surface area contributed by atoms with E-state index < -0.39 is 5.63 Å². The zero-order chi connectivity index (χ0) is 19.8. The summed E-state index contributed by atoms with van der Waals surface area (Å²) in [6, 6.07) is 19.8.